The monoisotopic (exact) mass is 66.0 g/mol. The first-order valence-corrected chi connectivity index (χ1v) is 1.49. The molecule has 0 aliphatic heterocycles. The van der Waals surface area contributed by atoms with Gasteiger partial charge in [-0.25, -0.2) is 0 Å². The zero-order valence-electron chi connectivity index (χ0n) is 2.73. The van der Waals surface area contributed by atoms with Crippen molar-refractivity contribution in [3.63, 3.8) is 0 Å². The molecule has 0 spiro atoms. The Morgan fingerprint density at radius 1 is 1.60 bits per heavy atom. The van der Waals surface area contributed by atoms with Crippen molar-refractivity contribution < 1.29 is 0 Å². The lowest BCUT2D eigenvalue weighted by Gasteiger charge is -1.61. The molecule has 0 bridgehead atoms. The summed E-state index contributed by atoms with van der Waals surface area (Å²) in [5, 5.41) is 0. The maximum Gasteiger partial charge on any atom is -0.108 e. The predicted molar refractivity (Wildman–Crippen MR) is 19.6 cm³/mol. The Labute approximate surface area is 30.6 Å². The fourth-order valence-electron chi connectivity index (χ4n) is 0.241. The Morgan fingerprint density at radius 3 is 2.80 bits per heavy atom. The van der Waals surface area contributed by atoms with Gasteiger partial charge in [-0.2, -0.15) is 18.3 Å². The first kappa shape index (κ1) is 2.51. The van der Waals surface area contributed by atoms with Crippen molar-refractivity contribution in [2.75, 3.05) is 0 Å². The second kappa shape index (κ2) is 0.931. The minimum Gasteiger partial charge on any atom is -0.484 e. The first-order valence-electron chi connectivity index (χ1n) is 1.49. The van der Waals surface area contributed by atoms with Crippen LogP contribution in [0.5, 0.6) is 0 Å². The van der Waals surface area contributed by atoms with E-state index in [0.717, 1.165) is 0 Å². The third-order valence-corrected chi connectivity index (χ3v) is 0.442. The second-order valence-electron chi connectivity index (χ2n) is 0.814. The summed E-state index contributed by atoms with van der Waals surface area (Å²) in [5.41, 5.74) is 0. The molecule has 0 unspecified atom stereocenters. The highest BCUT2D eigenvalue weighted by molar-refractivity contribution is 4.82. The van der Waals surface area contributed by atoms with Crippen LogP contribution < -0.4 is 0 Å². The summed E-state index contributed by atoms with van der Waals surface area (Å²) in [5.74, 6) is 0. The molecule has 1 rings (SSSR count). The number of hydrogen-bond acceptors (Lipinski definition) is 0. The summed E-state index contributed by atoms with van der Waals surface area (Å²) in [7, 11) is 0. The van der Waals surface area contributed by atoms with Gasteiger partial charge in [-0.3, -0.25) is 0 Å². The largest absolute Gasteiger partial charge is 0.484 e. The van der Waals surface area contributed by atoms with E-state index >= 15 is 0 Å². The fourth-order valence-corrected chi connectivity index (χ4v) is 0.241. The van der Waals surface area contributed by atoms with Gasteiger partial charge < -0.3 is 4.98 Å². The van der Waals surface area contributed by atoms with Gasteiger partial charge in [0.2, 0.25) is 0 Å². The van der Waals surface area contributed by atoms with Crippen molar-refractivity contribution in [2.45, 2.75) is 0 Å². The van der Waals surface area contributed by atoms with Crippen LogP contribution in [-0.4, -0.2) is 4.98 Å². The van der Waals surface area contributed by atoms with Crippen molar-refractivity contribution >= 4 is 0 Å². The molecule has 1 aromatic heterocycles. The molecule has 0 saturated carbocycles. The van der Waals surface area contributed by atoms with Crippen molar-refractivity contribution in [1.29, 1.82) is 0 Å². The number of H-pyrrole nitrogens is 1. The molecule has 0 aliphatic carbocycles. The number of rotatable bonds is 0. The van der Waals surface area contributed by atoms with E-state index in [0.29, 0.717) is 0 Å². The van der Waals surface area contributed by atoms with Gasteiger partial charge in [0.25, 0.3) is 0 Å². The van der Waals surface area contributed by atoms with Crippen LogP contribution in [0, 0.1) is 6.20 Å². The fraction of sp³-hybridized carbons (Fsp3) is 0. The highest BCUT2D eigenvalue weighted by Crippen LogP contribution is 1.70. The van der Waals surface area contributed by atoms with Crippen LogP contribution >= 0.6 is 0 Å². The second-order valence-corrected chi connectivity index (χ2v) is 0.814. The van der Waals surface area contributed by atoms with Gasteiger partial charge in [0.15, 0.2) is 0 Å². The van der Waals surface area contributed by atoms with Crippen LogP contribution in [-0.2, 0) is 0 Å². The van der Waals surface area contributed by atoms with Gasteiger partial charge in [-0.05, 0) is 0 Å². The molecule has 26 valence electrons. The molecule has 1 aromatic rings. The molecule has 0 saturated heterocycles. The van der Waals surface area contributed by atoms with Crippen LogP contribution in [0.4, 0.5) is 0 Å². The number of aromatic amines is 1. The zero-order valence-corrected chi connectivity index (χ0v) is 2.73. The van der Waals surface area contributed by atoms with Gasteiger partial charge in [-0.1, -0.05) is 0 Å². The van der Waals surface area contributed by atoms with Crippen LogP contribution in [0.1, 0.15) is 0 Å². The minimum atomic E-state index is 1.82. The van der Waals surface area contributed by atoms with Gasteiger partial charge in [-0.15, -0.1) is 6.20 Å². The van der Waals surface area contributed by atoms with Gasteiger partial charge in [0.1, 0.15) is 0 Å². The van der Waals surface area contributed by atoms with E-state index in [2.05, 4.69) is 11.2 Å². The molecular formula is C4H4N-. The van der Waals surface area contributed by atoms with Crippen molar-refractivity contribution in [1.82, 2.24) is 4.98 Å². The van der Waals surface area contributed by atoms with Crippen LogP contribution in [0.15, 0.2) is 18.3 Å². The number of hydrogen-bond donors (Lipinski definition) is 1. The normalized spacial score (nSPS) is 8.00. The molecule has 0 aromatic carbocycles. The molecule has 1 heteroatoms. The summed E-state index contributed by atoms with van der Waals surface area (Å²) in [6, 6.07) is 3.71. The van der Waals surface area contributed by atoms with E-state index in [4.69, 9.17) is 0 Å². The Bertz CT molecular complexity index is 60.1. The van der Waals surface area contributed by atoms with E-state index in [-0.39, 0.29) is 0 Å². The van der Waals surface area contributed by atoms with Crippen molar-refractivity contribution in [3.05, 3.63) is 24.5 Å². The first-order chi connectivity index (χ1) is 2.50. The Balaban J connectivity index is 3.13. The molecule has 0 aliphatic rings. The van der Waals surface area contributed by atoms with Gasteiger partial charge in [0, 0.05) is 0 Å². The highest BCUT2D eigenvalue weighted by atomic mass is 14.6. The average Bonchev–Trinajstić information content (AvgIpc) is 1.76. The van der Waals surface area contributed by atoms with Gasteiger partial charge >= 0.3 is 0 Å². The molecule has 1 N–H and O–H groups in total. The van der Waals surface area contributed by atoms with E-state index in [9.17, 15) is 0 Å². The maximum atomic E-state index is 2.74. The third-order valence-electron chi connectivity index (χ3n) is 0.442. The smallest absolute Gasteiger partial charge is 0.108 e. The third kappa shape index (κ3) is 0.293. The highest BCUT2D eigenvalue weighted by Gasteiger charge is 1.42. The quantitative estimate of drug-likeness (QED) is 0.431. The molecular weight excluding hydrogens is 62.1 g/mol. The van der Waals surface area contributed by atoms with Crippen LogP contribution in [0.25, 0.3) is 0 Å². The van der Waals surface area contributed by atoms with Crippen LogP contribution in [0.3, 0.4) is 0 Å². The van der Waals surface area contributed by atoms with E-state index in [1.165, 1.54) is 0 Å². The Morgan fingerprint density at radius 2 is 2.60 bits per heavy atom. The number of aromatic nitrogens is 1. The van der Waals surface area contributed by atoms with E-state index in [1.807, 2.05) is 18.3 Å². The molecule has 1 heterocycles. The summed E-state index contributed by atoms with van der Waals surface area (Å²) < 4.78 is 0. The lowest BCUT2D eigenvalue weighted by molar-refractivity contribution is 1.40. The summed E-state index contributed by atoms with van der Waals surface area (Å²) in [4.78, 5) is 2.74. The summed E-state index contributed by atoms with van der Waals surface area (Å²) in [6.45, 7) is 0. The van der Waals surface area contributed by atoms with Crippen molar-refractivity contribution in [2.24, 2.45) is 0 Å². The number of nitrogens with one attached hydrogen (secondary N) is 1. The standard InChI is InChI=1S/C4H4N/c1-2-4-5-3-1/h1-3,5H/q-1. The topological polar surface area (TPSA) is 15.8 Å². The maximum absolute atomic E-state index is 2.74. The SMILES string of the molecule is [c-]1ccc[nH]1. The van der Waals surface area contributed by atoms with Crippen molar-refractivity contribution in [3.8, 4) is 0 Å². The minimum absolute atomic E-state index is 1.82. The zero-order chi connectivity index (χ0) is 3.54. The van der Waals surface area contributed by atoms with E-state index < -0.39 is 0 Å². The summed E-state index contributed by atoms with van der Waals surface area (Å²) >= 11 is 0. The van der Waals surface area contributed by atoms with Gasteiger partial charge in [0.05, 0.1) is 0 Å². The lowest BCUT2D eigenvalue weighted by atomic mass is 10.7. The molecule has 0 fully saturated rings. The van der Waals surface area contributed by atoms with E-state index in [1.54, 1.807) is 0 Å². The van der Waals surface area contributed by atoms with Crippen LogP contribution in [0.2, 0.25) is 0 Å². The Kier molecular flexibility index (Phi) is 0.468. The molecule has 0 atom stereocenters. The molecule has 0 amide bonds. The average molecular weight is 66.1 g/mol. The molecule has 1 nitrogen and oxygen atoms in total. The Hall–Kier alpha value is -0.720. The lowest BCUT2D eigenvalue weighted by Crippen LogP contribution is -1.40. The summed E-state index contributed by atoms with van der Waals surface area (Å²) in [6.07, 6.45) is 4.56. The molecule has 5 heavy (non-hydrogen) atoms. The molecule has 0 radical (unpaired) electrons. The predicted octanol–water partition coefficient (Wildman–Crippen LogP) is 0.815.